The summed E-state index contributed by atoms with van der Waals surface area (Å²) >= 11 is 1.94. The predicted molar refractivity (Wildman–Crippen MR) is 71.3 cm³/mol. The molecule has 2 aliphatic rings. The first-order chi connectivity index (χ1) is 7.25. The molecular weight excluding hydrogens is 244 g/mol. The van der Waals surface area contributed by atoms with Gasteiger partial charge in [-0.2, -0.15) is 11.8 Å². The molecule has 2 rings (SSSR count). The minimum atomic E-state index is 0. The minimum absolute atomic E-state index is 0. The summed E-state index contributed by atoms with van der Waals surface area (Å²) < 4.78 is 0. The van der Waals surface area contributed by atoms with Crippen LogP contribution >= 0.6 is 24.2 Å². The second kappa shape index (κ2) is 6.72. The Morgan fingerprint density at radius 3 is 2.88 bits per heavy atom. The van der Waals surface area contributed by atoms with Gasteiger partial charge in [-0.25, -0.2) is 0 Å². The summed E-state index contributed by atoms with van der Waals surface area (Å²) in [5.41, 5.74) is 0. The Kier molecular flexibility index (Phi) is 5.94. The number of nitrogens with one attached hydrogen (secondary N) is 2. The zero-order valence-corrected chi connectivity index (χ0v) is 11.3. The molecule has 2 fully saturated rings. The highest BCUT2D eigenvalue weighted by atomic mass is 35.5. The molecule has 3 unspecified atom stereocenters. The van der Waals surface area contributed by atoms with Crippen LogP contribution in [-0.4, -0.2) is 36.5 Å². The van der Waals surface area contributed by atoms with Gasteiger partial charge in [0.1, 0.15) is 0 Å². The average molecular weight is 265 g/mol. The monoisotopic (exact) mass is 264 g/mol. The molecule has 0 bridgehead atoms. The lowest BCUT2D eigenvalue weighted by molar-refractivity contribution is -0.121. The van der Waals surface area contributed by atoms with Crippen LogP contribution in [0.15, 0.2) is 0 Å². The lowest BCUT2D eigenvalue weighted by Gasteiger charge is -2.22. The molecule has 94 valence electrons. The Balaban J connectivity index is 0.00000128. The van der Waals surface area contributed by atoms with E-state index in [-0.39, 0.29) is 18.3 Å². The van der Waals surface area contributed by atoms with Gasteiger partial charge in [0.2, 0.25) is 5.91 Å². The first kappa shape index (κ1) is 14.1. The standard InChI is InChI=1S/C11H20N2OS.ClH/c1-8-4-9(8)6-13-11(14)5-10-7-15-3-2-12-10;/h8-10,12H,2-7H2,1H3,(H,13,14);1H. The molecule has 16 heavy (non-hydrogen) atoms. The SMILES string of the molecule is CC1CC1CNC(=O)CC1CSCCN1.Cl. The number of rotatable bonds is 4. The van der Waals surface area contributed by atoms with E-state index in [1.54, 1.807) is 0 Å². The topological polar surface area (TPSA) is 41.1 Å². The van der Waals surface area contributed by atoms with Crippen LogP contribution in [0.3, 0.4) is 0 Å². The second-order valence-corrected chi connectivity index (χ2v) is 5.86. The molecule has 0 spiro atoms. The first-order valence-corrected chi connectivity index (χ1v) is 6.99. The Morgan fingerprint density at radius 2 is 2.31 bits per heavy atom. The van der Waals surface area contributed by atoms with E-state index in [1.807, 2.05) is 11.8 Å². The van der Waals surface area contributed by atoms with Gasteiger partial charge in [-0.3, -0.25) is 4.79 Å². The van der Waals surface area contributed by atoms with Crippen LogP contribution in [0.2, 0.25) is 0 Å². The van der Waals surface area contributed by atoms with Crippen molar-refractivity contribution in [2.24, 2.45) is 11.8 Å². The van der Waals surface area contributed by atoms with Crippen LogP contribution in [0, 0.1) is 11.8 Å². The van der Waals surface area contributed by atoms with Gasteiger partial charge < -0.3 is 10.6 Å². The van der Waals surface area contributed by atoms with E-state index in [1.165, 1.54) is 12.2 Å². The molecule has 0 radical (unpaired) electrons. The van der Waals surface area contributed by atoms with Gasteiger partial charge >= 0.3 is 0 Å². The summed E-state index contributed by atoms with van der Waals surface area (Å²) in [6.07, 6.45) is 1.94. The third-order valence-electron chi connectivity index (χ3n) is 3.27. The van der Waals surface area contributed by atoms with Gasteiger partial charge in [0.25, 0.3) is 0 Å². The average Bonchev–Trinajstić information content (AvgIpc) is 2.93. The van der Waals surface area contributed by atoms with Crippen molar-refractivity contribution in [1.82, 2.24) is 10.6 Å². The van der Waals surface area contributed by atoms with Gasteiger partial charge in [-0.15, -0.1) is 12.4 Å². The third kappa shape index (κ3) is 4.52. The smallest absolute Gasteiger partial charge is 0.221 e. The largest absolute Gasteiger partial charge is 0.356 e. The number of halogens is 1. The fourth-order valence-electron chi connectivity index (χ4n) is 1.98. The van der Waals surface area contributed by atoms with E-state index >= 15 is 0 Å². The van der Waals surface area contributed by atoms with Crippen LogP contribution in [-0.2, 0) is 4.79 Å². The van der Waals surface area contributed by atoms with Gasteiger partial charge in [-0.1, -0.05) is 6.92 Å². The number of carbonyl (C=O) groups is 1. The summed E-state index contributed by atoms with van der Waals surface area (Å²) in [5.74, 6) is 4.05. The minimum Gasteiger partial charge on any atom is -0.356 e. The molecule has 1 heterocycles. The molecule has 1 aliphatic heterocycles. The highest BCUT2D eigenvalue weighted by Gasteiger charge is 2.32. The zero-order chi connectivity index (χ0) is 10.7. The molecule has 1 aliphatic carbocycles. The number of carbonyl (C=O) groups excluding carboxylic acids is 1. The molecular formula is C11H21ClN2OS. The van der Waals surface area contributed by atoms with Gasteiger partial charge in [0, 0.05) is 37.1 Å². The Bertz CT molecular complexity index is 234. The van der Waals surface area contributed by atoms with E-state index in [0.717, 1.165) is 30.7 Å². The summed E-state index contributed by atoms with van der Waals surface area (Å²) in [4.78, 5) is 11.6. The number of amides is 1. The van der Waals surface area contributed by atoms with Gasteiger partial charge in [0.15, 0.2) is 0 Å². The van der Waals surface area contributed by atoms with Gasteiger partial charge in [-0.05, 0) is 18.3 Å². The van der Waals surface area contributed by atoms with Crippen molar-refractivity contribution >= 4 is 30.1 Å². The van der Waals surface area contributed by atoms with Crippen molar-refractivity contribution in [2.45, 2.75) is 25.8 Å². The van der Waals surface area contributed by atoms with E-state index in [4.69, 9.17) is 0 Å². The molecule has 3 atom stereocenters. The van der Waals surface area contributed by atoms with Crippen molar-refractivity contribution in [1.29, 1.82) is 0 Å². The van der Waals surface area contributed by atoms with Crippen LogP contribution in [0.1, 0.15) is 19.8 Å². The third-order valence-corrected chi connectivity index (χ3v) is 4.40. The van der Waals surface area contributed by atoms with Crippen molar-refractivity contribution < 1.29 is 4.79 Å². The van der Waals surface area contributed by atoms with Crippen molar-refractivity contribution in [3.63, 3.8) is 0 Å². The molecule has 2 N–H and O–H groups in total. The number of hydrogen-bond donors (Lipinski definition) is 2. The lowest BCUT2D eigenvalue weighted by atomic mass is 10.2. The summed E-state index contributed by atoms with van der Waals surface area (Å²) in [7, 11) is 0. The predicted octanol–water partition coefficient (Wildman–Crippen LogP) is 1.28. The van der Waals surface area contributed by atoms with Gasteiger partial charge in [0.05, 0.1) is 0 Å². The molecule has 1 saturated carbocycles. The second-order valence-electron chi connectivity index (χ2n) is 4.71. The van der Waals surface area contributed by atoms with Crippen molar-refractivity contribution in [3.05, 3.63) is 0 Å². The molecule has 3 nitrogen and oxygen atoms in total. The maximum absolute atomic E-state index is 11.6. The molecule has 0 aromatic heterocycles. The maximum atomic E-state index is 11.6. The van der Waals surface area contributed by atoms with E-state index in [9.17, 15) is 4.79 Å². The maximum Gasteiger partial charge on any atom is 0.221 e. The quantitative estimate of drug-likeness (QED) is 0.804. The summed E-state index contributed by atoms with van der Waals surface area (Å²) in [6, 6.07) is 0.389. The fourth-order valence-corrected chi connectivity index (χ4v) is 2.92. The Labute approximate surface area is 108 Å². The van der Waals surface area contributed by atoms with Crippen LogP contribution in [0.5, 0.6) is 0 Å². The molecule has 5 heteroatoms. The molecule has 1 amide bonds. The fraction of sp³-hybridized carbons (Fsp3) is 0.909. The number of hydrogen-bond acceptors (Lipinski definition) is 3. The first-order valence-electron chi connectivity index (χ1n) is 5.83. The van der Waals surface area contributed by atoms with E-state index < -0.39 is 0 Å². The van der Waals surface area contributed by atoms with Crippen molar-refractivity contribution in [3.8, 4) is 0 Å². The summed E-state index contributed by atoms with van der Waals surface area (Å²) in [5, 5.41) is 6.41. The van der Waals surface area contributed by atoms with Crippen molar-refractivity contribution in [2.75, 3.05) is 24.6 Å². The summed E-state index contributed by atoms with van der Waals surface area (Å²) in [6.45, 7) is 4.18. The van der Waals surface area contributed by atoms with E-state index in [0.29, 0.717) is 12.5 Å². The van der Waals surface area contributed by atoms with E-state index in [2.05, 4.69) is 17.6 Å². The van der Waals surface area contributed by atoms with Crippen LogP contribution in [0.4, 0.5) is 0 Å². The molecule has 0 aromatic rings. The Hall–Kier alpha value is 0.0700. The normalized spacial score (nSPS) is 32.7. The lowest BCUT2D eigenvalue weighted by Crippen LogP contribution is -2.41. The molecule has 1 saturated heterocycles. The molecule has 0 aromatic carbocycles. The highest BCUT2D eigenvalue weighted by Crippen LogP contribution is 2.36. The van der Waals surface area contributed by atoms with Crippen LogP contribution in [0.25, 0.3) is 0 Å². The highest BCUT2D eigenvalue weighted by molar-refractivity contribution is 7.99. The number of thioether (sulfide) groups is 1. The zero-order valence-electron chi connectivity index (χ0n) is 9.70. The van der Waals surface area contributed by atoms with Crippen LogP contribution < -0.4 is 10.6 Å². The Morgan fingerprint density at radius 1 is 1.56 bits per heavy atom.